The summed E-state index contributed by atoms with van der Waals surface area (Å²) in [4.78, 5) is 12.3. The van der Waals surface area contributed by atoms with Gasteiger partial charge in [0.2, 0.25) is 0 Å². The zero-order valence-electron chi connectivity index (χ0n) is 16.0. The molecule has 5 nitrogen and oxygen atoms in total. The maximum Gasteiger partial charge on any atom is 0.251 e. The number of amides is 1. The molecule has 2 atom stereocenters. The summed E-state index contributed by atoms with van der Waals surface area (Å²) in [5.74, 6) is 5.94. The molecule has 1 aliphatic heterocycles. The molecule has 1 heterocycles. The Morgan fingerprint density at radius 3 is 2.93 bits per heavy atom. The van der Waals surface area contributed by atoms with E-state index in [0.717, 1.165) is 25.8 Å². The van der Waals surface area contributed by atoms with E-state index < -0.39 is 18.0 Å². The van der Waals surface area contributed by atoms with Crippen LogP contribution in [0.2, 0.25) is 0 Å². The van der Waals surface area contributed by atoms with Crippen LogP contribution in [-0.2, 0) is 16.0 Å². The molecule has 1 saturated heterocycles. The van der Waals surface area contributed by atoms with Gasteiger partial charge in [-0.15, -0.1) is 0 Å². The summed E-state index contributed by atoms with van der Waals surface area (Å²) < 4.78 is 20.0. The monoisotopic (exact) mass is 383 g/mol. The second-order valence-electron chi connectivity index (χ2n) is 7.37. The third kappa shape index (κ3) is 5.79. The molecule has 1 aromatic rings. The third-order valence-corrected chi connectivity index (χ3v) is 5.16. The molecule has 2 aliphatic rings. The van der Waals surface area contributed by atoms with E-state index in [2.05, 4.69) is 22.5 Å². The van der Waals surface area contributed by atoms with Crippen molar-refractivity contribution in [3.05, 3.63) is 35.1 Å². The first-order valence-electron chi connectivity index (χ1n) is 9.98. The Morgan fingerprint density at radius 1 is 1.36 bits per heavy atom. The van der Waals surface area contributed by atoms with Crippen LogP contribution in [0.3, 0.4) is 0 Å². The van der Waals surface area contributed by atoms with Gasteiger partial charge in [-0.25, -0.2) is 4.39 Å². The Bertz CT molecular complexity index is 779. The zero-order valence-corrected chi connectivity index (χ0v) is 16.0. The molecule has 2 fully saturated rings. The summed E-state index contributed by atoms with van der Waals surface area (Å²) in [6.45, 7) is 1.71. The quantitative estimate of drug-likeness (QED) is 0.783. The van der Waals surface area contributed by atoms with E-state index in [9.17, 15) is 14.4 Å². The lowest BCUT2D eigenvalue weighted by molar-refractivity contribution is -0.132. The molecule has 1 saturated carbocycles. The maximum atomic E-state index is 14.5. The maximum absolute atomic E-state index is 14.5. The lowest BCUT2D eigenvalue weighted by Gasteiger charge is -2.18. The fourth-order valence-electron chi connectivity index (χ4n) is 3.54. The van der Waals surface area contributed by atoms with Crippen molar-refractivity contribution in [2.24, 2.45) is 5.92 Å². The molecular formula is C22H26FN3O2. The number of nitrogens with one attached hydrogen (secondary N) is 2. The average molecular weight is 383 g/mol. The zero-order chi connectivity index (χ0) is 19.8. The summed E-state index contributed by atoms with van der Waals surface area (Å²) >= 11 is 0. The number of hydrogen-bond acceptors (Lipinski definition) is 4. The van der Waals surface area contributed by atoms with Gasteiger partial charge in [0, 0.05) is 31.1 Å². The fraction of sp³-hybridized carbons (Fsp3) is 0.545. The van der Waals surface area contributed by atoms with Crippen LogP contribution in [0.4, 0.5) is 4.39 Å². The second kappa shape index (κ2) is 10.2. The second-order valence-corrected chi connectivity index (χ2v) is 7.37. The summed E-state index contributed by atoms with van der Waals surface area (Å²) in [6.07, 6.45) is 4.99. The molecule has 0 bridgehead atoms. The molecule has 1 amide bonds. The van der Waals surface area contributed by atoms with Crippen LogP contribution >= 0.6 is 0 Å². The number of ether oxygens (including phenoxy) is 1. The normalized spacial score (nSPS) is 21.1. The summed E-state index contributed by atoms with van der Waals surface area (Å²) in [5.41, 5.74) is 1.03. The van der Waals surface area contributed by atoms with Crippen molar-refractivity contribution in [2.75, 3.05) is 19.7 Å². The van der Waals surface area contributed by atoms with E-state index >= 15 is 0 Å². The van der Waals surface area contributed by atoms with Crippen molar-refractivity contribution in [3.63, 3.8) is 0 Å². The van der Waals surface area contributed by atoms with Crippen LogP contribution in [0.25, 0.3) is 0 Å². The van der Waals surface area contributed by atoms with Crippen LogP contribution in [0.5, 0.6) is 0 Å². The van der Waals surface area contributed by atoms with Crippen molar-refractivity contribution in [3.8, 4) is 17.9 Å². The van der Waals surface area contributed by atoms with Crippen molar-refractivity contribution >= 4 is 5.91 Å². The van der Waals surface area contributed by atoms with Gasteiger partial charge in [0.1, 0.15) is 18.0 Å². The Kier molecular flexibility index (Phi) is 7.42. The summed E-state index contributed by atoms with van der Waals surface area (Å²) in [7, 11) is 0. The highest BCUT2D eigenvalue weighted by molar-refractivity contribution is 5.81. The molecule has 0 spiro atoms. The lowest BCUT2D eigenvalue weighted by Crippen LogP contribution is -2.46. The number of halogens is 1. The highest BCUT2D eigenvalue weighted by atomic mass is 19.1. The minimum Gasteiger partial charge on any atom is -0.367 e. The topological polar surface area (TPSA) is 74.2 Å². The molecule has 148 valence electrons. The number of rotatable bonds is 4. The Balaban J connectivity index is 1.59. The minimum atomic E-state index is -0.815. The number of benzene rings is 1. The predicted molar refractivity (Wildman–Crippen MR) is 104 cm³/mol. The Morgan fingerprint density at radius 2 is 2.18 bits per heavy atom. The van der Waals surface area contributed by atoms with E-state index in [1.54, 1.807) is 12.1 Å². The van der Waals surface area contributed by atoms with Gasteiger partial charge in [-0.05, 0) is 43.5 Å². The SMILES string of the molecule is N#CC(Cc1ccc(C#CC2CCCC2)cc1F)NC(=O)[C@@H]1CNCCCO1. The molecule has 6 heteroatoms. The minimum absolute atomic E-state index is 0.102. The highest BCUT2D eigenvalue weighted by Crippen LogP contribution is 2.23. The highest BCUT2D eigenvalue weighted by Gasteiger charge is 2.24. The first kappa shape index (κ1) is 20.3. The van der Waals surface area contributed by atoms with E-state index in [4.69, 9.17) is 4.74 Å². The van der Waals surface area contributed by atoms with Gasteiger partial charge in [-0.3, -0.25) is 4.79 Å². The molecular weight excluding hydrogens is 357 g/mol. The van der Waals surface area contributed by atoms with Crippen LogP contribution in [0.1, 0.15) is 43.2 Å². The first-order chi connectivity index (χ1) is 13.7. The number of nitrogens with zero attached hydrogens (tertiary/aromatic N) is 1. The van der Waals surface area contributed by atoms with Gasteiger partial charge < -0.3 is 15.4 Å². The van der Waals surface area contributed by atoms with Gasteiger partial charge >= 0.3 is 0 Å². The van der Waals surface area contributed by atoms with Gasteiger partial charge in [-0.1, -0.05) is 30.7 Å². The molecule has 28 heavy (non-hydrogen) atoms. The molecule has 0 radical (unpaired) electrons. The third-order valence-electron chi connectivity index (χ3n) is 5.16. The van der Waals surface area contributed by atoms with Crippen LogP contribution < -0.4 is 10.6 Å². The van der Waals surface area contributed by atoms with Gasteiger partial charge in [0.25, 0.3) is 5.91 Å². The molecule has 1 aliphatic carbocycles. The van der Waals surface area contributed by atoms with E-state index in [-0.39, 0.29) is 12.3 Å². The van der Waals surface area contributed by atoms with E-state index in [0.29, 0.717) is 30.2 Å². The predicted octanol–water partition coefficient (Wildman–Crippen LogP) is 2.30. The van der Waals surface area contributed by atoms with Crippen molar-refractivity contribution in [1.82, 2.24) is 10.6 Å². The smallest absolute Gasteiger partial charge is 0.251 e. The van der Waals surface area contributed by atoms with Crippen molar-refractivity contribution in [1.29, 1.82) is 5.26 Å². The van der Waals surface area contributed by atoms with Gasteiger partial charge in [0.15, 0.2) is 0 Å². The fourth-order valence-corrected chi connectivity index (χ4v) is 3.54. The Hall–Kier alpha value is -2.41. The first-order valence-corrected chi connectivity index (χ1v) is 9.98. The van der Waals surface area contributed by atoms with E-state index in [1.807, 2.05) is 6.07 Å². The lowest BCUT2D eigenvalue weighted by atomic mass is 10.0. The molecule has 1 unspecified atom stereocenters. The molecule has 3 rings (SSSR count). The number of carbonyl (C=O) groups is 1. The van der Waals surface area contributed by atoms with E-state index in [1.165, 1.54) is 18.9 Å². The largest absolute Gasteiger partial charge is 0.367 e. The van der Waals surface area contributed by atoms with Crippen molar-refractivity contribution in [2.45, 2.75) is 50.7 Å². The number of nitriles is 1. The summed E-state index contributed by atoms with van der Waals surface area (Å²) in [5, 5.41) is 15.2. The number of carbonyl (C=O) groups excluding carboxylic acids is 1. The standard InChI is InChI=1S/C22H26FN3O2/c23-20-12-17(7-6-16-4-1-2-5-16)8-9-18(20)13-19(14-24)26-22(27)21-15-25-10-3-11-28-21/h8-9,12,16,19,21,25H,1-5,10-11,13,15H2,(H,26,27)/t19?,21-/m0/s1. The van der Waals surface area contributed by atoms with Crippen molar-refractivity contribution < 1.29 is 13.9 Å². The molecule has 2 N–H and O–H groups in total. The average Bonchev–Trinajstić information content (AvgIpc) is 3.07. The Labute approximate surface area is 165 Å². The summed E-state index contributed by atoms with van der Waals surface area (Å²) in [6, 6.07) is 6.05. The van der Waals surface area contributed by atoms with Crippen LogP contribution in [-0.4, -0.2) is 37.7 Å². The molecule has 1 aromatic carbocycles. The van der Waals surface area contributed by atoms with Gasteiger partial charge in [-0.2, -0.15) is 5.26 Å². The molecule has 0 aromatic heterocycles. The number of hydrogen-bond donors (Lipinski definition) is 2. The van der Waals surface area contributed by atoms with Crippen LogP contribution in [0, 0.1) is 34.9 Å². The van der Waals surface area contributed by atoms with Crippen LogP contribution in [0.15, 0.2) is 18.2 Å². The van der Waals surface area contributed by atoms with Gasteiger partial charge in [0.05, 0.1) is 6.07 Å².